The number of hydrogen-bond donors (Lipinski definition) is 2. The number of hydrogen-bond acceptors (Lipinski definition) is 4. The minimum absolute atomic E-state index is 0.0961. The van der Waals surface area contributed by atoms with Gasteiger partial charge in [-0.3, -0.25) is 4.79 Å². The average Bonchev–Trinajstić information content (AvgIpc) is 2.81. The third-order valence-electron chi connectivity index (χ3n) is 2.45. The van der Waals surface area contributed by atoms with Crippen LogP contribution in [0.4, 0.5) is 5.69 Å². The molecule has 0 spiro atoms. The van der Waals surface area contributed by atoms with E-state index in [1.54, 1.807) is 12.1 Å². The summed E-state index contributed by atoms with van der Waals surface area (Å²) in [5.41, 5.74) is 1.22. The van der Waals surface area contributed by atoms with Crippen molar-refractivity contribution in [3.8, 4) is 0 Å². The highest BCUT2D eigenvalue weighted by atomic mass is 79.9. The van der Waals surface area contributed by atoms with E-state index in [9.17, 15) is 9.59 Å². The minimum atomic E-state index is -1.06. The molecule has 0 saturated carbocycles. The van der Waals surface area contributed by atoms with Crippen molar-refractivity contribution in [2.75, 3.05) is 5.32 Å². The van der Waals surface area contributed by atoms with Gasteiger partial charge in [-0.05, 0) is 31.2 Å². The normalized spacial score (nSPS) is 10.8. The maximum atomic E-state index is 11.8. The quantitative estimate of drug-likeness (QED) is 0.810. The van der Waals surface area contributed by atoms with Gasteiger partial charge in [-0.2, -0.15) is 0 Å². The number of aryl methyl sites for hydroxylation is 1. The van der Waals surface area contributed by atoms with Gasteiger partial charge in [0.05, 0.1) is 16.3 Å². The van der Waals surface area contributed by atoms with E-state index in [1.165, 1.54) is 29.5 Å². The summed E-state index contributed by atoms with van der Waals surface area (Å²) < 4.78 is 0.580. The van der Waals surface area contributed by atoms with Crippen LogP contribution in [0.5, 0.6) is 0 Å². The summed E-state index contributed by atoms with van der Waals surface area (Å²) in [6.07, 6.45) is 2.96. The summed E-state index contributed by atoms with van der Waals surface area (Å²) in [5, 5.41) is 14.4. The zero-order valence-electron chi connectivity index (χ0n) is 11.0. The zero-order chi connectivity index (χ0) is 15.4. The number of rotatable bonds is 4. The number of nitrogens with one attached hydrogen (secondary N) is 1. The van der Waals surface area contributed by atoms with Gasteiger partial charge >= 0.3 is 5.97 Å². The average molecular weight is 367 g/mol. The highest BCUT2D eigenvalue weighted by molar-refractivity contribution is 9.10. The Bertz CT molecular complexity index is 725. The number of nitrogens with zero attached hydrogens (tertiary/aromatic N) is 1. The molecule has 2 rings (SSSR count). The van der Waals surface area contributed by atoms with E-state index in [0.29, 0.717) is 15.9 Å². The number of halogens is 1. The first-order valence-corrected chi connectivity index (χ1v) is 7.56. The first kappa shape index (κ1) is 15.4. The molecule has 0 aliphatic carbocycles. The molecule has 5 nitrogen and oxygen atoms in total. The van der Waals surface area contributed by atoms with Crippen LogP contribution in [0.25, 0.3) is 6.08 Å². The van der Waals surface area contributed by atoms with Crippen LogP contribution in [0.15, 0.2) is 34.1 Å². The number of carboxylic acids is 1. The van der Waals surface area contributed by atoms with Gasteiger partial charge in [-0.1, -0.05) is 15.9 Å². The molecule has 0 saturated heterocycles. The molecule has 2 N–H and O–H groups in total. The topological polar surface area (TPSA) is 79.3 Å². The smallest absolute Gasteiger partial charge is 0.335 e. The van der Waals surface area contributed by atoms with E-state index in [4.69, 9.17) is 5.11 Å². The van der Waals surface area contributed by atoms with Gasteiger partial charge in [0.25, 0.3) is 0 Å². The van der Waals surface area contributed by atoms with E-state index in [0.717, 1.165) is 5.01 Å². The minimum Gasteiger partial charge on any atom is -0.478 e. The van der Waals surface area contributed by atoms with Crippen LogP contribution in [-0.2, 0) is 4.79 Å². The summed E-state index contributed by atoms with van der Waals surface area (Å²) in [6, 6.07) is 4.49. The number of thiazole rings is 1. The number of carbonyl (C=O) groups excluding carboxylic acids is 1. The highest BCUT2D eigenvalue weighted by Crippen LogP contribution is 2.20. The Labute approximate surface area is 133 Å². The van der Waals surface area contributed by atoms with Gasteiger partial charge in [0.2, 0.25) is 5.91 Å². The lowest BCUT2D eigenvalue weighted by atomic mass is 10.2. The molecule has 1 amide bonds. The lowest BCUT2D eigenvalue weighted by molar-refractivity contribution is -0.111. The van der Waals surface area contributed by atoms with Crippen molar-refractivity contribution in [3.05, 3.63) is 50.4 Å². The molecule has 1 heterocycles. The van der Waals surface area contributed by atoms with Crippen LogP contribution in [-0.4, -0.2) is 22.0 Å². The molecule has 1 aromatic carbocycles. The SMILES string of the molecule is Cc1nc(/C=C/C(=O)Nc2cc(Br)cc(C(=O)O)c2)cs1. The van der Waals surface area contributed by atoms with Gasteiger partial charge in [0.15, 0.2) is 0 Å². The van der Waals surface area contributed by atoms with Crippen LogP contribution < -0.4 is 5.32 Å². The van der Waals surface area contributed by atoms with Crippen molar-refractivity contribution in [1.82, 2.24) is 4.98 Å². The summed E-state index contributed by atoms with van der Waals surface area (Å²) in [4.78, 5) is 27.0. The summed E-state index contributed by atoms with van der Waals surface area (Å²) in [7, 11) is 0. The number of carbonyl (C=O) groups is 2. The van der Waals surface area contributed by atoms with E-state index in [1.807, 2.05) is 12.3 Å². The third-order valence-corrected chi connectivity index (χ3v) is 3.70. The summed E-state index contributed by atoms with van der Waals surface area (Å²) >= 11 is 4.71. The lowest BCUT2D eigenvalue weighted by Gasteiger charge is -2.04. The molecule has 2 aromatic rings. The van der Waals surface area contributed by atoms with Crippen molar-refractivity contribution < 1.29 is 14.7 Å². The Balaban J connectivity index is 2.09. The second-order valence-electron chi connectivity index (χ2n) is 4.15. The van der Waals surface area contributed by atoms with Crippen molar-refractivity contribution >= 4 is 50.9 Å². The molecule has 0 atom stereocenters. The van der Waals surface area contributed by atoms with Crippen molar-refractivity contribution in [1.29, 1.82) is 0 Å². The van der Waals surface area contributed by atoms with Crippen molar-refractivity contribution in [3.63, 3.8) is 0 Å². The van der Waals surface area contributed by atoms with Crippen LogP contribution in [0.2, 0.25) is 0 Å². The van der Waals surface area contributed by atoms with E-state index < -0.39 is 5.97 Å². The molecule has 0 unspecified atom stereocenters. The molecule has 0 fully saturated rings. The lowest BCUT2D eigenvalue weighted by Crippen LogP contribution is -2.09. The third kappa shape index (κ3) is 4.51. The molecule has 0 aliphatic heterocycles. The van der Waals surface area contributed by atoms with E-state index in [2.05, 4.69) is 26.2 Å². The van der Waals surface area contributed by atoms with E-state index >= 15 is 0 Å². The first-order chi connectivity index (χ1) is 9.94. The maximum absolute atomic E-state index is 11.8. The molecule has 7 heteroatoms. The predicted molar refractivity (Wildman–Crippen MR) is 85.6 cm³/mol. The Kier molecular flexibility index (Phi) is 4.87. The summed E-state index contributed by atoms with van der Waals surface area (Å²) in [5.74, 6) is -1.41. The fourth-order valence-corrected chi connectivity index (χ4v) is 2.66. The van der Waals surface area contributed by atoms with Crippen LogP contribution in [0.1, 0.15) is 21.1 Å². The van der Waals surface area contributed by atoms with Gasteiger partial charge < -0.3 is 10.4 Å². The summed E-state index contributed by atoms with van der Waals surface area (Å²) in [6.45, 7) is 1.89. The van der Waals surface area contributed by atoms with Gasteiger partial charge in [-0.25, -0.2) is 9.78 Å². The predicted octanol–water partition coefficient (Wildman–Crippen LogP) is 3.56. The van der Waals surface area contributed by atoms with Crippen LogP contribution in [0, 0.1) is 6.92 Å². The second-order valence-corrected chi connectivity index (χ2v) is 6.13. The maximum Gasteiger partial charge on any atom is 0.335 e. The Hall–Kier alpha value is -1.99. The molecule has 1 aromatic heterocycles. The largest absolute Gasteiger partial charge is 0.478 e. The molecular weight excluding hydrogens is 356 g/mol. The van der Waals surface area contributed by atoms with Gasteiger partial charge in [0.1, 0.15) is 0 Å². The Morgan fingerprint density at radius 2 is 2.14 bits per heavy atom. The highest BCUT2D eigenvalue weighted by Gasteiger charge is 2.07. The second kappa shape index (κ2) is 6.64. The first-order valence-electron chi connectivity index (χ1n) is 5.89. The van der Waals surface area contributed by atoms with Crippen molar-refractivity contribution in [2.45, 2.75) is 6.92 Å². The molecule has 0 aliphatic rings. The van der Waals surface area contributed by atoms with Crippen LogP contribution in [0.3, 0.4) is 0 Å². The standard InChI is InChI=1S/C14H11BrN2O3S/c1-8-16-11(7-21-8)2-3-13(18)17-12-5-9(14(19)20)4-10(15)6-12/h2-7H,1H3,(H,17,18)(H,19,20)/b3-2+. The van der Waals surface area contributed by atoms with E-state index in [-0.39, 0.29) is 11.5 Å². The van der Waals surface area contributed by atoms with Gasteiger partial charge in [0, 0.05) is 21.6 Å². The van der Waals surface area contributed by atoms with Crippen LogP contribution >= 0.6 is 27.3 Å². The number of anilines is 1. The zero-order valence-corrected chi connectivity index (χ0v) is 13.4. The molecule has 0 radical (unpaired) electrons. The molecule has 0 bridgehead atoms. The fraction of sp³-hybridized carbons (Fsp3) is 0.0714. The van der Waals surface area contributed by atoms with Gasteiger partial charge in [-0.15, -0.1) is 11.3 Å². The monoisotopic (exact) mass is 366 g/mol. The number of aromatic carboxylic acids is 1. The molecule has 108 valence electrons. The molecular formula is C14H11BrN2O3S. The number of amides is 1. The number of benzene rings is 1. The molecule has 21 heavy (non-hydrogen) atoms. The number of aromatic nitrogens is 1. The Morgan fingerprint density at radius 3 is 2.76 bits per heavy atom. The fourth-order valence-electron chi connectivity index (χ4n) is 1.59. The number of carboxylic acid groups (broad SMARTS) is 1. The van der Waals surface area contributed by atoms with Crippen molar-refractivity contribution in [2.24, 2.45) is 0 Å². The Morgan fingerprint density at radius 1 is 1.38 bits per heavy atom.